The largest absolute Gasteiger partial charge is 0.346 e. The van der Waals surface area contributed by atoms with Gasteiger partial charge in [0.2, 0.25) is 11.8 Å². The van der Waals surface area contributed by atoms with Crippen LogP contribution in [0, 0.1) is 12.8 Å². The van der Waals surface area contributed by atoms with E-state index < -0.39 is 0 Å². The van der Waals surface area contributed by atoms with Gasteiger partial charge in [0, 0.05) is 10.2 Å². The molecule has 122 valence electrons. The third-order valence-corrected chi connectivity index (χ3v) is 4.19. The van der Waals surface area contributed by atoms with Gasteiger partial charge in [-0.05, 0) is 56.0 Å². The van der Waals surface area contributed by atoms with Gasteiger partial charge >= 0.3 is 0 Å². The van der Waals surface area contributed by atoms with Crippen molar-refractivity contribution >= 4 is 45.8 Å². The average molecular weight is 391 g/mol. The Hall–Kier alpha value is -1.11. The Kier molecular flexibility index (Phi) is 7.85. The Morgan fingerprint density at radius 3 is 2.59 bits per heavy atom. The van der Waals surface area contributed by atoms with E-state index in [9.17, 15) is 9.59 Å². The van der Waals surface area contributed by atoms with Crippen LogP contribution >= 0.6 is 28.3 Å². The standard InChI is InChI=1S/C15H20BrN3O2.ClH/c1-10-6-12(4-5-13(10)16)19-15(21)9-18-14(20)8-17-7-11-2-3-11;/h4-6,11,17H,2-3,7-9H2,1H3,(H,18,20)(H,19,21);1H. The number of halogens is 2. The van der Waals surface area contributed by atoms with Gasteiger partial charge in [-0.15, -0.1) is 12.4 Å². The van der Waals surface area contributed by atoms with Gasteiger partial charge in [0.25, 0.3) is 0 Å². The number of nitrogens with one attached hydrogen (secondary N) is 3. The first-order valence-corrected chi connectivity index (χ1v) is 7.87. The second-order valence-electron chi connectivity index (χ2n) is 5.36. The highest BCUT2D eigenvalue weighted by Crippen LogP contribution is 2.27. The first-order chi connectivity index (χ1) is 10.0. The molecule has 1 aromatic carbocycles. The lowest BCUT2D eigenvalue weighted by molar-refractivity contribution is -0.123. The van der Waals surface area contributed by atoms with Crippen LogP contribution < -0.4 is 16.0 Å². The highest BCUT2D eigenvalue weighted by Gasteiger charge is 2.20. The summed E-state index contributed by atoms with van der Waals surface area (Å²) in [6.45, 7) is 3.09. The topological polar surface area (TPSA) is 70.2 Å². The lowest BCUT2D eigenvalue weighted by Crippen LogP contribution is -2.38. The molecule has 1 aliphatic carbocycles. The minimum Gasteiger partial charge on any atom is -0.346 e. The summed E-state index contributed by atoms with van der Waals surface area (Å²) in [5.74, 6) is 0.354. The molecule has 1 aliphatic rings. The minimum absolute atomic E-state index is 0. The predicted molar refractivity (Wildman–Crippen MR) is 93.4 cm³/mol. The lowest BCUT2D eigenvalue weighted by atomic mass is 10.2. The molecule has 1 fully saturated rings. The highest BCUT2D eigenvalue weighted by atomic mass is 79.9. The maximum atomic E-state index is 11.7. The van der Waals surface area contributed by atoms with Crippen LogP contribution in [-0.4, -0.2) is 31.4 Å². The second kappa shape index (κ2) is 9.12. The maximum Gasteiger partial charge on any atom is 0.243 e. The van der Waals surface area contributed by atoms with Crippen LogP contribution in [0.1, 0.15) is 18.4 Å². The first-order valence-electron chi connectivity index (χ1n) is 7.08. The maximum absolute atomic E-state index is 11.7. The molecule has 0 radical (unpaired) electrons. The molecule has 1 saturated carbocycles. The van der Waals surface area contributed by atoms with Gasteiger partial charge in [-0.1, -0.05) is 15.9 Å². The molecule has 0 unspecified atom stereocenters. The Morgan fingerprint density at radius 1 is 1.23 bits per heavy atom. The number of benzene rings is 1. The third kappa shape index (κ3) is 6.77. The fourth-order valence-electron chi connectivity index (χ4n) is 1.88. The molecule has 0 saturated heterocycles. The Labute approximate surface area is 145 Å². The van der Waals surface area contributed by atoms with Crippen molar-refractivity contribution in [2.24, 2.45) is 5.92 Å². The van der Waals surface area contributed by atoms with Crippen molar-refractivity contribution in [3.63, 3.8) is 0 Å². The Balaban J connectivity index is 0.00000242. The van der Waals surface area contributed by atoms with Crippen molar-refractivity contribution in [2.75, 3.05) is 25.0 Å². The van der Waals surface area contributed by atoms with Crippen molar-refractivity contribution in [1.29, 1.82) is 0 Å². The van der Waals surface area contributed by atoms with Crippen LogP contribution in [0.4, 0.5) is 5.69 Å². The van der Waals surface area contributed by atoms with Gasteiger partial charge in [0.05, 0.1) is 13.1 Å². The average Bonchev–Trinajstić information content (AvgIpc) is 3.25. The Morgan fingerprint density at radius 2 is 1.95 bits per heavy atom. The summed E-state index contributed by atoms with van der Waals surface area (Å²) in [6, 6.07) is 5.57. The molecule has 3 N–H and O–H groups in total. The molecule has 0 spiro atoms. The van der Waals surface area contributed by atoms with Crippen molar-refractivity contribution in [1.82, 2.24) is 10.6 Å². The molecule has 2 rings (SSSR count). The quantitative estimate of drug-likeness (QED) is 0.669. The van der Waals surface area contributed by atoms with Crippen LogP contribution in [0.2, 0.25) is 0 Å². The summed E-state index contributed by atoms with van der Waals surface area (Å²) in [5, 5.41) is 8.44. The third-order valence-electron chi connectivity index (χ3n) is 3.30. The number of amides is 2. The summed E-state index contributed by atoms with van der Waals surface area (Å²) in [6.07, 6.45) is 2.51. The van der Waals surface area contributed by atoms with Crippen molar-refractivity contribution in [3.8, 4) is 0 Å². The van der Waals surface area contributed by atoms with E-state index in [1.54, 1.807) is 0 Å². The zero-order valence-electron chi connectivity index (χ0n) is 12.4. The number of hydrogen-bond acceptors (Lipinski definition) is 3. The van der Waals surface area contributed by atoms with Crippen LogP contribution in [0.5, 0.6) is 0 Å². The molecule has 1 aromatic rings. The second-order valence-corrected chi connectivity index (χ2v) is 6.22. The van der Waals surface area contributed by atoms with E-state index in [2.05, 4.69) is 31.9 Å². The first kappa shape index (κ1) is 18.9. The smallest absolute Gasteiger partial charge is 0.243 e. The van der Waals surface area contributed by atoms with Crippen molar-refractivity contribution < 1.29 is 9.59 Å². The fraction of sp³-hybridized carbons (Fsp3) is 0.467. The molecular formula is C15H21BrClN3O2. The van der Waals surface area contributed by atoms with E-state index in [1.165, 1.54) is 12.8 Å². The van der Waals surface area contributed by atoms with Crippen LogP contribution in [0.25, 0.3) is 0 Å². The van der Waals surface area contributed by atoms with Crippen LogP contribution in [0.15, 0.2) is 22.7 Å². The Bertz CT molecular complexity index is 536. The molecule has 0 heterocycles. The van der Waals surface area contributed by atoms with Gasteiger partial charge in [0.1, 0.15) is 0 Å². The number of carbonyl (C=O) groups is 2. The zero-order valence-corrected chi connectivity index (χ0v) is 14.9. The summed E-state index contributed by atoms with van der Waals surface area (Å²) >= 11 is 3.41. The van der Waals surface area contributed by atoms with Gasteiger partial charge in [-0.2, -0.15) is 0 Å². The summed E-state index contributed by atoms with van der Waals surface area (Å²) in [7, 11) is 0. The number of hydrogen-bond donors (Lipinski definition) is 3. The van der Waals surface area contributed by atoms with Gasteiger partial charge in [-0.3, -0.25) is 9.59 Å². The lowest BCUT2D eigenvalue weighted by Gasteiger charge is -2.08. The molecule has 2 amide bonds. The van der Waals surface area contributed by atoms with Crippen LogP contribution in [-0.2, 0) is 9.59 Å². The molecular weight excluding hydrogens is 370 g/mol. The summed E-state index contributed by atoms with van der Waals surface area (Å²) in [5.41, 5.74) is 1.77. The number of anilines is 1. The number of aryl methyl sites for hydroxylation is 1. The SMILES string of the molecule is Cc1cc(NC(=O)CNC(=O)CNCC2CC2)ccc1Br.Cl. The molecule has 22 heavy (non-hydrogen) atoms. The zero-order chi connectivity index (χ0) is 15.2. The van der Waals surface area contributed by atoms with Crippen molar-refractivity contribution in [2.45, 2.75) is 19.8 Å². The number of carbonyl (C=O) groups excluding carboxylic acids is 2. The van der Waals surface area contributed by atoms with Gasteiger partial charge in [0.15, 0.2) is 0 Å². The highest BCUT2D eigenvalue weighted by molar-refractivity contribution is 9.10. The monoisotopic (exact) mass is 389 g/mol. The van der Waals surface area contributed by atoms with E-state index in [4.69, 9.17) is 0 Å². The van der Waals surface area contributed by atoms with E-state index in [1.807, 2.05) is 25.1 Å². The molecule has 0 aliphatic heterocycles. The fourth-order valence-corrected chi connectivity index (χ4v) is 2.13. The molecule has 0 aromatic heterocycles. The normalized spacial score (nSPS) is 13.2. The van der Waals surface area contributed by atoms with Gasteiger partial charge < -0.3 is 16.0 Å². The number of rotatable bonds is 7. The van der Waals surface area contributed by atoms with Crippen LogP contribution in [0.3, 0.4) is 0 Å². The minimum atomic E-state index is -0.229. The van der Waals surface area contributed by atoms with E-state index >= 15 is 0 Å². The van der Waals surface area contributed by atoms with Gasteiger partial charge in [-0.25, -0.2) is 0 Å². The molecule has 5 nitrogen and oxygen atoms in total. The summed E-state index contributed by atoms with van der Waals surface area (Å²) < 4.78 is 0.996. The predicted octanol–water partition coefficient (Wildman–Crippen LogP) is 2.23. The summed E-state index contributed by atoms with van der Waals surface area (Å²) in [4.78, 5) is 23.3. The van der Waals surface area contributed by atoms with E-state index in [0.717, 1.165) is 28.2 Å². The molecule has 0 bridgehead atoms. The molecule has 0 atom stereocenters. The van der Waals surface area contributed by atoms with E-state index in [-0.39, 0.29) is 37.3 Å². The van der Waals surface area contributed by atoms with Crippen molar-refractivity contribution in [3.05, 3.63) is 28.2 Å². The molecule has 7 heteroatoms. The van der Waals surface area contributed by atoms with E-state index in [0.29, 0.717) is 0 Å².